The largest absolute Gasteiger partial charge is 0.479 e. The summed E-state index contributed by atoms with van der Waals surface area (Å²) in [5.41, 5.74) is 0.462. The Labute approximate surface area is 98.9 Å². The summed E-state index contributed by atoms with van der Waals surface area (Å²) in [4.78, 5) is 26.3. The van der Waals surface area contributed by atoms with Crippen LogP contribution in [0.1, 0.15) is 19.0 Å². The highest BCUT2D eigenvalue weighted by atomic mass is 16.5. The molecular formula is C11H16N2O4. The van der Waals surface area contributed by atoms with E-state index in [4.69, 9.17) is 9.84 Å². The molecule has 0 fully saturated rings. The molecule has 0 aliphatic carbocycles. The van der Waals surface area contributed by atoms with Crippen LogP contribution in [-0.4, -0.2) is 33.3 Å². The molecule has 1 atom stereocenters. The molecule has 1 aromatic heterocycles. The van der Waals surface area contributed by atoms with E-state index in [1.807, 2.05) is 0 Å². The number of aryl methyl sites for hydroxylation is 2. The summed E-state index contributed by atoms with van der Waals surface area (Å²) in [6.45, 7) is 4.07. The summed E-state index contributed by atoms with van der Waals surface area (Å²) in [6.07, 6.45) is 0.782. The number of carboxylic acids is 1. The van der Waals surface area contributed by atoms with Crippen LogP contribution in [0.2, 0.25) is 0 Å². The van der Waals surface area contributed by atoms with Gasteiger partial charge in [-0.3, -0.25) is 9.36 Å². The van der Waals surface area contributed by atoms with Crippen LogP contribution >= 0.6 is 0 Å². The molecule has 0 aromatic carbocycles. The minimum Gasteiger partial charge on any atom is -0.479 e. The van der Waals surface area contributed by atoms with Gasteiger partial charge in [0.1, 0.15) is 0 Å². The number of carbonyl (C=O) groups is 1. The molecule has 1 N–H and O–H groups in total. The molecule has 94 valence electrons. The molecule has 6 heteroatoms. The van der Waals surface area contributed by atoms with Crippen molar-refractivity contribution in [3.8, 4) is 0 Å². The Kier molecular flexibility index (Phi) is 4.84. The van der Waals surface area contributed by atoms with Crippen molar-refractivity contribution >= 4 is 5.97 Å². The fraction of sp³-hybridized carbons (Fsp3) is 0.545. The number of hydrogen-bond acceptors (Lipinski definition) is 4. The predicted molar refractivity (Wildman–Crippen MR) is 60.9 cm³/mol. The lowest BCUT2D eigenvalue weighted by molar-refractivity contribution is -0.150. The number of ether oxygens (including phenoxy) is 1. The van der Waals surface area contributed by atoms with Crippen LogP contribution in [-0.2, 0) is 16.1 Å². The Morgan fingerprint density at radius 2 is 2.35 bits per heavy atom. The third-order valence-corrected chi connectivity index (χ3v) is 2.29. The summed E-state index contributed by atoms with van der Waals surface area (Å²) >= 11 is 0. The average Bonchev–Trinajstić information content (AvgIpc) is 2.25. The third kappa shape index (κ3) is 3.99. The minimum atomic E-state index is -1.01. The van der Waals surface area contributed by atoms with E-state index in [1.54, 1.807) is 13.8 Å². The van der Waals surface area contributed by atoms with Crippen molar-refractivity contribution in [2.45, 2.75) is 32.9 Å². The van der Waals surface area contributed by atoms with Crippen molar-refractivity contribution in [3.05, 3.63) is 28.4 Å². The number of aliphatic carboxylic acids is 1. The van der Waals surface area contributed by atoms with Gasteiger partial charge in [0, 0.05) is 31.3 Å². The number of nitrogens with zero attached hydrogens (tertiary/aromatic N) is 2. The first-order valence-corrected chi connectivity index (χ1v) is 5.42. The minimum absolute atomic E-state index is 0.182. The van der Waals surface area contributed by atoms with E-state index in [9.17, 15) is 9.59 Å². The average molecular weight is 240 g/mol. The zero-order valence-electron chi connectivity index (χ0n) is 9.92. The molecule has 1 heterocycles. The molecule has 1 unspecified atom stereocenters. The number of aromatic nitrogens is 2. The van der Waals surface area contributed by atoms with Crippen LogP contribution in [0.3, 0.4) is 0 Å². The topological polar surface area (TPSA) is 81.4 Å². The van der Waals surface area contributed by atoms with Gasteiger partial charge in [-0.15, -0.1) is 0 Å². The molecule has 17 heavy (non-hydrogen) atoms. The van der Waals surface area contributed by atoms with Gasteiger partial charge < -0.3 is 9.84 Å². The molecular weight excluding hydrogens is 224 g/mol. The van der Waals surface area contributed by atoms with Gasteiger partial charge in [0.05, 0.1) is 6.33 Å². The Morgan fingerprint density at radius 1 is 1.65 bits per heavy atom. The maximum absolute atomic E-state index is 11.5. The molecule has 1 rings (SSSR count). The fourth-order valence-corrected chi connectivity index (χ4v) is 1.42. The number of hydrogen-bond donors (Lipinski definition) is 1. The quantitative estimate of drug-likeness (QED) is 0.779. The molecule has 6 nitrogen and oxygen atoms in total. The fourth-order valence-electron chi connectivity index (χ4n) is 1.42. The zero-order chi connectivity index (χ0) is 12.8. The smallest absolute Gasteiger partial charge is 0.332 e. The van der Waals surface area contributed by atoms with E-state index in [2.05, 4.69) is 4.98 Å². The molecule has 0 bridgehead atoms. The van der Waals surface area contributed by atoms with Crippen LogP contribution in [0.15, 0.2) is 17.2 Å². The molecule has 0 aliphatic rings. The predicted octanol–water partition coefficient (Wildman–Crippen LogP) is 0.432. The Hall–Kier alpha value is -1.69. The number of rotatable bonds is 6. The van der Waals surface area contributed by atoms with Crippen molar-refractivity contribution in [1.82, 2.24) is 9.55 Å². The van der Waals surface area contributed by atoms with Gasteiger partial charge in [0.25, 0.3) is 5.56 Å². The normalized spacial score (nSPS) is 12.4. The highest BCUT2D eigenvalue weighted by molar-refractivity contribution is 5.72. The monoisotopic (exact) mass is 240 g/mol. The van der Waals surface area contributed by atoms with Crippen LogP contribution in [0.5, 0.6) is 0 Å². The molecule has 0 radical (unpaired) electrons. The SMILES string of the molecule is CCOC(CCn1cnc(C)cc1=O)C(=O)O. The summed E-state index contributed by atoms with van der Waals surface area (Å²) in [5, 5.41) is 8.87. The van der Waals surface area contributed by atoms with Crippen LogP contribution in [0.25, 0.3) is 0 Å². The van der Waals surface area contributed by atoms with Crippen LogP contribution < -0.4 is 5.56 Å². The van der Waals surface area contributed by atoms with Gasteiger partial charge in [0.2, 0.25) is 0 Å². The van der Waals surface area contributed by atoms with Gasteiger partial charge >= 0.3 is 5.97 Å². The summed E-state index contributed by atoms with van der Waals surface area (Å²) < 4.78 is 6.43. The van der Waals surface area contributed by atoms with Gasteiger partial charge in [-0.05, 0) is 13.8 Å². The second-order valence-corrected chi connectivity index (χ2v) is 3.63. The second-order valence-electron chi connectivity index (χ2n) is 3.63. The third-order valence-electron chi connectivity index (χ3n) is 2.29. The first-order chi connectivity index (χ1) is 8.04. The summed E-state index contributed by atoms with van der Waals surface area (Å²) in [5.74, 6) is -1.01. The number of carboxylic acid groups (broad SMARTS) is 1. The van der Waals surface area contributed by atoms with E-state index in [0.717, 1.165) is 0 Å². The van der Waals surface area contributed by atoms with E-state index in [1.165, 1.54) is 17.0 Å². The van der Waals surface area contributed by atoms with Crippen LogP contribution in [0.4, 0.5) is 0 Å². The summed E-state index contributed by atoms with van der Waals surface area (Å²) in [7, 11) is 0. The van der Waals surface area contributed by atoms with Gasteiger partial charge in [-0.1, -0.05) is 0 Å². The van der Waals surface area contributed by atoms with Gasteiger partial charge in [-0.2, -0.15) is 0 Å². The second kappa shape index (κ2) is 6.15. The molecule has 0 saturated carbocycles. The molecule has 0 aliphatic heterocycles. The molecule has 0 amide bonds. The van der Waals surface area contributed by atoms with Crippen molar-refractivity contribution in [1.29, 1.82) is 0 Å². The zero-order valence-corrected chi connectivity index (χ0v) is 9.92. The maximum atomic E-state index is 11.5. The molecule has 0 spiro atoms. The van der Waals surface area contributed by atoms with Gasteiger partial charge in [0.15, 0.2) is 6.10 Å². The van der Waals surface area contributed by atoms with Gasteiger partial charge in [-0.25, -0.2) is 9.78 Å². The van der Waals surface area contributed by atoms with Crippen molar-refractivity contribution in [2.24, 2.45) is 0 Å². The van der Waals surface area contributed by atoms with Crippen molar-refractivity contribution < 1.29 is 14.6 Å². The maximum Gasteiger partial charge on any atom is 0.332 e. The Morgan fingerprint density at radius 3 is 2.88 bits per heavy atom. The molecule has 0 saturated heterocycles. The summed E-state index contributed by atoms with van der Waals surface area (Å²) in [6, 6.07) is 1.41. The van der Waals surface area contributed by atoms with E-state index in [0.29, 0.717) is 12.3 Å². The first-order valence-electron chi connectivity index (χ1n) is 5.42. The highest BCUT2D eigenvalue weighted by Gasteiger charge is 2.17. The molecule has 1 aromatic rings. The lowest BCUT2D eigenvalue weighted by Gasteiger charge is -2.12. The van der Waals surface area contributed by atoms with E-state index >= 15 is 0 Å². The van der Waals surface area contributed by atoms with E-state index < -0.39 is 12.1 Å². The lowest BCUT2D eigenvalue weighted by Crippen LogP contribution is -2.28. The first kappa shape index (κ1) is 13.4. The Balaban J connectivity index is 2.65. The van der Waals surface area contributed by atoms with Crippen molar-refractivity contribution in [2.75, 3.05) is 6.61 Å². The highest BCUT2D eigenvalue weighted by Crippen LogP contribution is 2.01. The Bertz CT molecular complexity index is 441. The van der Waals surface area contributed by atoms with Crippen molar-refractivity contribution in [3.63, 3.8) is 0 Å². The standard InChI is InChI=1S/C11H16N2O4/c1-3-17-9(11(15)16)4-5-13-7-12-8(2)6-10(13)14/h6-7,9H,3-5H2,1-2H3,(H,15,16). The van der Waals surface area contributed by atoms with E-state index in [-0.39, 0.29) is 18.5 Å². The lowest BCUT2D eigenvalue weighted by atomic mass is 10.2. The van der Waals surface area contributed by atoms with Crippen LogP contribution in [0, 0.1) is 6.92 Å².